The van der Waals surface area contributed by atoms with Gasteiger partial charge in [0.25, 0.3) is 0 Å². The van der Waals surface area contributed by atoms with Gasteiger partial charge in [0.1, 0.15) is 8.07 Å². The van der Waals surface area contributed by atoms with Crippen molar-refractivity contribution in [2.45, 2.75) is 25.2 Å². The van der Waals surface area contributed by atoms with E-state index in [2.05, 4.69) is 37.0 Å². The van der Waals surface area contributed by atoms with E-state index in [1.165, 1.54) is 0 Å². The molecular formula is C15H18OSi. The predicted octanol–water partition coefficient (Wildman–Crippen LogP) is 3.04. The van der Waals surface area contributed by atoms with Crippen molar-refractivity contribution < 1.29 is 4.74 Å². The second-order valence-corrected chi connectivity index (χ2v) is 9.65. The summed E-state index contributed by atoms with van der Waals surface area (Å²) in [6, 6.07) is 9.73. The summed E-state index contributed by atoms with van der Waals surface area (Å²) >= 11 is 0. The highest BCUT2D eigenvalue weighted by atomic mass is 28.3. The van der Waals surface area contributed by atoms with E-state index >= 15 is 0 Å². The Bertz CT molecular complexity index is 468. The van der Waals surface area contributed by atoms with Crippen molar-refractivity contribution in [1.82, 2.24) is 0 Å². The van der Waals surface area contributed by atoms with Gasteiger partial charge in [-0.2, -0.15) is 0 Å². The van der Waals surface area contributed by atoms with E-state index in [0.717, 1.165) is 5.56 Å². The molecule has 0 heterocycles. The predicted molar refractivity (Wildman–Crippen MR) is 75.1 cm³/mol. The van der Waals surface area contributed by atoms with Crippen molar-refractivity contribution in [2.24, 2.45) is 0 Å². The maximum Gasteiger partial charge on any atom is 0.215 e. The molecule has 0 amide bonds. The second-order valence-electron chi connectivity index (χ2n) is 4.90. The Morgan fingerprint density at radius 1 is 1.18 bits per heavy atom. The summed E-state index contributed by atoms with van der Waals surface area (Å²) in [4.78, 5) is 0. The summed E-state index contributed by atoms with van der Waals surface area (Å²) in [5, 5.41) is 0. The minimum absolute atomic E-state index is 0.913. The van der Waals surface area contributed by atoms with Gasteiger partial charge in [-0.25, -0.2) is 0 Å². The Kier molecular flexibility index (Phi) is 4.18. The third-order valence-corrected chi connectivity index (χ3v) is 3.18. The first-order chi connectivity index (χ1) is 7.93. The largest absolute Gasteiger partial charge is 0.351 e. The lowest BCUT2D eigenvalue weighted by atomic mass is 9.95. The minimum atomic E-state index is -1.47. The lowest BCUT2D eigenvalue weighted by molar-refractivity contribution is 0.0900. The summed E-state index contributed by atoms with van der Waals surface area (Å²) in [6.45, 7) is 6.55. The molecule has 1 unspecified atom stereocenters. The van der Waals surface area contributed by atoms with E-state index in [-0.39, 0.29) is 0 Å². The molecule has 0 N–H and O–H groups in total. The van der Waals surface area contributed by atoms with Crippen molar-refractivity contribution in [3.8, 4) is 23.8 Å². The standard InChI is InChI=1S/C15H18OSi/c1-6-15(16-2,12-13-17(3,4)5)14-10-8-7-9-11-14/h1,7-11H,2-5H3. The highest BCUT2D eigenvalue weighted by Gasteiger charge is 2.27. The molecule has 1 atom stereocenters. The molecule has 2 heteroatoms. The van der Waals surface area contributed by atoms with E-state index in [9.17, 15) is 0 Å². The van der Waals surface area contributed by atoms with E-state index in [0.29, 0.717) is 0 Å². The van der Waals surface area contributed by atoms with E-state index < -0.39 is 13.7 Å². The summed E-state index contributed by atoms with van der Waals surface area (Å²) in [5.74, 6) is 5.82. The first-order valence-corrected chi connectivity index (χ1v) is 9.06. The fourth-order valence-corrected chi connectivity index (χ4v) is 1.92. The van der Waals surface area contributed by atoms with E-state index in [1.54, 1.807) is 7.11 Å². The Labute approximate surface area is 105 Å². The fourth-order valence-electron chi connectivity index (χ4n) is 1.37. The molecule has 0 bridgehead atoms. The van der Waals surface area contributed by atoms with Crippen LogP contribution in [0, 0.1) is 23.8 Å². The molecule has 0 aliphatic carbocycles. The lowest BCUT2D eigenvalue weighted by Gasteiger charge is -2.22. The number of hydrogen-bond acceptors (Lipinski definition) is 1. The van der Waals surface area contributed by atoms with Gasteiger partial charge in [0.2, 0.25) is 5.60 Å². The molecule has 1 aromatic carbocycles. The van der Waals surface area contributed by atoms with Crippen molar-refractivity contribution in [3.05, 3.63) is 35.9 Å². The third-order valence-electron chi connectivity index (χ3n) is 2.30. The van der Waals surface area contributed by atoms with Gasteiger partial charge in [0.15, 0.2) is 0 Å². The molecule has 1 aromatic rings. The smallest absolute Gasteiger partial charge is 0.215 e. The first kappa shape index (κ1) is 13.6. The summed E-state index contributed by atoms with van der Waals surface area (Å²) in [6.07, 6.45) is 5.62. The molecule has 0 spiro atoms. The molecule has 0 aliphatic rings. The zero-order chi connectivity index (χ0) is 12.9. The van der Waals surface area contributed by atoms with Crippen LogP contribution in [0.3, 0.4) is 0 Å². The Hall–Kier alpha value is -1.48. The van der Waals surface area contributed by atoms with Gasteiger partial charge in [-0.1, -0.05) is 61.8 Å². The molecule has 1 nitrogen and oxygen atoms in total. The summed E-state index contributed by atoms with van der Waals surface area (Å²) < 4.78 is 5.48. The van der Waals surface area contributed by atoms with Crippen molar-refractivity contribution in [2.75, 3.05) is 7.11 Å². The fraction of sp³-hybridized carbons (Fsp3) is 0.333. The maximum atomic E-state index is 5.62. The summed E-state index contributed by atoms with van der Waals surface area (Å²) in [5.41, 5.74) is 3.28. The van der Waals surface area contributed by atoms with Crippen LogP contribution in [0.4, 0.5) is 0 Å². The van der Waals surface area contributed by atoms with Crippen LogP contribution in [-0.2, 0) is 10.3 Å². The molecule has 0 aromatic heterocycles. The molecule has 17 heavy (non-hydrogen) atoms. The van der Waals surface area contributed by atoms with Gasteiger partial charge in [0, 0.05) is 12.7 Å². The molecule has 0 radical (unpaired) electrons. The first-order valence-electron chi connectivity index (χ1n) is 5.56. The molecule has 0 saturated carbocycles. The molecule has 0 saturated heterocycles. The van der Waals surface area contributed by atoms with Gasteiger partial charge in [-0.3, -0.25) is 0 Å². The Balaban J connectivity index is 3.25. The Morgan fingerprint density at radius 3 is 2.18 bits per heavy atom. The number of benzene rings is 1. The maximum absolute atomic E-state index is 5.62. The zero-order valence-corrected chi connectivity index (χ0v) is 11.9. The summed E-state index contributed by atoms with van der Waals surface area (Å²) in [7, 11) is 0.134. The topological polar surface area (TPSA) is 9.23 Å². The van der Waals surface area contributed by atoms with Crippen LogP contribution in [0.2, 0.25) is 19.6 Å². The number of methoxy groups -OCH3 is 1. The highest BCUT2D eigenvalue weighted by Crippen LogP contribution is 2.23. The van der Waals surface area contributed by atoms with Gasteiger partial charge >= 0.3 is 0 Å². The average molecular weight is 242 g/mol. The SMILES string of the molecule is C#CC(C#C[Si](C)(C)C)(OC)c1ccccc1. The van der Waals surface area contributed by atoms with E-state index in [4.69, 9.17) is 11.2 Å². The monoisotopic (exact) mass is 242 g/mol. The number of hydrogen-bond donors (Lipinski definition) is 0. The van der Waals surface area contributed by atoms with Crippen LogP contribution in [0.25, 0.3) is 0 Å². The van der Waals surface area contributed by atoms with Crippen LogP contribution < -0.4 is 0 Å². The van der Waals surface area contributed by atoms with Gasteiger partial charge in [-0.15, -0.1) is 12.0 Å². The average Bonchev–Trinajstić information content (AvgIpc) is 2.31. The van der Waals surface area contributed by atoms with Crippen LogP contribution in [0.1, 0.15) is 5.56 Å². The highest BCUT2D eigenvalue weighted by molar-refractivity contribution is 6.83. The number of ether oxygens (including phenoxy) is 1. The molecule has 0 aliphatic heterocycles. The zero-order valence-electron chi connectivity index (χ0n) is 10.9. The molecule has 88 valence electrons. The quantitative estimate of drug-likeness (QED) is 0.572. The Morgan fingerprint density at radius 2 is 1.76 bits per heavy atom. The van der Waals surface area contributed by atoms with Crippen LogP contribution in [-0.4, -0.2) is 15.2 Å². The number of terminal acetylenes is 1. The molecule has 0 fully saturated rings. The lowest BCUT2D eigenvalue weighted by Crippen LogP contribution is -2.26. The van der Waals surface area contributed by atoms with Crippen LogP contribution in [0.5, 0.6) is 0 Å². The molecular weight excluding hydrogens is 224 g/mol. The third kappa shape index (κ3) is 3.49. The second kappa shape index (κ2) is 5.23. The van der Waals surface area contributed by atoms with Gasteiger partial charge < -0.3 is 4.74 Å². The van der Waals surface area contributed by atoms with Crippen LogP contribution >= 0.6 is 0 Å². The van der Waals surface area contributed by atoms with Crippen molar-refractivity contribution in [1.29, 1.82) is 0 Å². The minimum Gasteiger partial charge on any atom is -0.351 e. The van der Waals surface area contributed by atoms with Crippen molar-refractivity contribution >= 4 is 8.07 Å². The van der Waals surface area contributed by atoms with Crippen LogP contribution in [0.15, 0.2) is 30.3 Å². The van der Waals surface area contributed by atoms with E-state index in [1.807, 2.05) is 30.3 Å². The number of rotatable bonds is 2. The van der Waals surface area contributed by atoms with Gasteiger partial charge in [0.05, 0.1) is 0 Å². The van der Waals surface area contributed by atoms with Gasteiger partial charge in [-0.05, 0) is 0 Å². The molecule has 1 rings (SSSR count). The normalized spacial score (nSPS) is 14.1. The van der Waals surface area contributed by atoms with Crippen molar-refractivity contribution in [3.63, 3.8) is 0 Å².